The predicted octanol–water partition coefficient (Wildman–Crippen LogP) is 0.978. The number of rotatable bonds is 8. The van der Waals surface area contributed by atoms with E-state index in [9.17, 15) is 19.5 Å². The molecule has 1 aromatic carbocycles. The number of alkyl carbamates (subject to hydrolysis) is 1. The highest BCUT2D eigenvalue weighted by Crippen LogP contribution is 2.10. The number of methoxy groups -OCH3 is 1. The van der Waals surface area contributed by atoms with E-state index in [2.05, 4.69) is 15.4 Å². The van der Waals surface area contributed by atoms with Gasteiger partial charge in [-0.15, -0.1) is 0 Å². The van der Waals surface area contributed by atoms with Gasteiger partial charge in [-0.3, -0.25) is 4.79 Å². The molecular weight excluding hydrogens is 340 g/mol. The van der Waals surface area contributed by atoms with Crippen molar-refractivity contribution in [3.05, 3.63) is 35.9 Å². The molecule has 1 rings (SSSR count). The van der Waals surface area contributed by atoms with Crippen LogP contribution in [0.3, 0.4) is 0 Å². The van der Waals surface area contributed by atoms with E-state index in [0.29, 0.717) is 0 Å². The summed E-state index contributed by atoms with van der Waals surface area (Å²) in [5, 5.41) is 14.3. The fraction of sp³-hybridized carbons (Fsp3) is 0.500. The lowest BCUT2D eigenvalue weighted by Gasteiger charge is -2.29. The molecule has 8 nitrogen and oxygen atoms in total. The summed E-state index contributed by atoms with van der Waals surface area (Å²) in [4.78, 5) is 36.3. The molecule has 0 saturated carbocycles. The normalized spacial score (nSPS) is 14.1. The van der Waals surface area contributed by atoms with Crippen molar-refractivity contribution in [2.45, 2.75) is 39.0 Å². The first-order valence-electron chi connectivity index (χ1n) is 8.22. The molecule has 0 spiro atoms. The molecule has 0 bridgehead atoms. The Kier molecular flexibility index (Phi) is 8.05. The van der Waals surface area contributed by atoms with Crippen LogP contribution in [0.2, 0.25) is 0 Å². The lowest BCUT2D eigenvalue weighted by molar-refractivity contribution is -0.152. The minimum Gasteiger partial charge on any atom is -0.467 e. The molecule has 2 amide bonds. The molecule has 8 heteroatoms. The number of hydrogen-bond acceptors (Lipinski definition) is 6. The van der Waals surface area contributed by atoms with Crippen LogP contribution in [0.5, 0.6) is 0 Å². The lowest BCUT2D eigenvalue weighted by Crippen LogP contribution is -2.61. The van der Waals surface area contributed by atoms with Crippen LogP contribution >= 0.6 is 0 Å². The van der Waals surface area contributed by atoms with E-state index in [1.54, 1.807) is 13.8 Å². The third kappa shape index (κ3) is 6.03. The largest absolute Gasteiger partial charge is 0.467 e. The maximum absolute atomic E-state index is 12.5. The molecule has 0 heterocycles. The Morgan fingerprint density at radius 2 is 1.81 bits per heavy atom. The highest BCUT2D eigenvalue weighted by atomic mass is 16.5. The van der Waals surface area contributed by atoms with Crippen LogP contribution in [-0.2, 0) is 25.7 Å². The van der Waals surface area contributed by atoms with E-state index < -0.39 is 36.2 Å². The first kappa shape index (κ1) is 21.4. The molecule has 0 unspecified atom stereocenters. The predicted molar refractivity (Wildman–Crippen MR) is 94.0 cm³/mol. The number of ether oxygens (including phenoxy) is 2. The molecule has 26 heavy (non-hydrogen) atoms. The zero-order chi connectivity index (χ0) is 19.7. The highest BCUT2D eigenvalue weighted by Gasteiger charge is 2.38. The molecular formula is C18H26N2O6. The number of amides is 2. The number of hydrogen-bond donors (Lipinski definition) is 3. The summed E-state index contributed by atoms with van der Waals surface area (Å²) in [6, 6.07) is 8.16. The van der Waals surface area contributed by atoms with Crippen molar-refractivity contribution >= 4 is 18.0 Å². The standard InChI is InChI=1S/C18H26N2O6/c1-12(2)14(15(22)20-18(3,11-21)16(23)25-4)19-17(24)26-10-13-8-6-5-7-9-13/h5-9,12,14,21H,10-11H2,1-4H3,(H,19,24)(H,20,22)/t14-,18-/m0/s1. The molecule has 0 aliphatic heterocycles. The average molecular weight is 366 g/mol. The van der Waals surface area contributed by atoms with Gasteiger partial charge in [0.25, 0.3) is 0 Å². The number of aliphatic hydroxyl groups excluding tert-OH is 1. The second-order valence-corrected chi connectivity index (χ2v) is 6.40. The van der Waals surface area contributed by atoms with Crippen molar-refractivity contribution in [1.29, 1.82) is 0 Å². The summed E-state index contributed by atoms with van der Waals surface area (Å²) in [7, 11) is 1.15. The van der Waals surface area contributed by atoms with E-state index in [4.69, 9.17) is 4.74 Å². The molecule has 0 aliphatic carbocycles. The minimum atomic E-state index is -1.60. The molecule has 3 N–H and O–H groups in total. The van der Waals surface area contributed by atoms with Gasteiger partial charge in [0.1, 0.15) is 12.6 Å². The van der Waals surface area contributed by atoms with Crippen LogP contribution in [-0.4, -0.2) is 48.4 Å². The zero-order valence-electron chi connectivity index (χ0n) is 15.4. The molecule has 0 radical (unpaired) electrons. The number of aliphatic hydroxyl groups is 1. The van der Waals surface area contributed by atoms with Crippen molar-refractivity contribution in [3.8, 4) is 0 Å². The minimum absolute atomic E-state index is 0.0651. The van der Waals surface area contributed by atoms with Crippen molar-refractivity contribution in [2.75, 3.05) is 13.7 Å². The molecule has 2 atom stereocenters. The van der Waals surface area contributed by atoms with Crippen molar-refractivity contribution in [3.63, 3.8) is 0 Å². The lowest BCUT2D eigenvalue weighted by atomic mass is 9.99. The quantitative estimate of drug-likeness (QED) is 0.591. The van der Waals surface area contributed by atoms with Crippen molar-refractivity contribution in [1.82, 2.24) is 10.6 Å². The van der Waals surface area contributed by atoms with Gasteiger partial charge in [-0.05, 0) is 18.4 Å². The van der Waals surface area contributed by atoms with Gasteiger partial charge in [0, 0.05) is 0 Å². The SMILES string of the molecule is COC(=O)[C@](C)(CO)NC(=O)[C@@H](NC(=O)OCc1ccccc1)C(C)C. The van der Waals surface area contributed by atoms with Gasteiger partial charge in [0.15, 0.2) is 5.54 Å². The van der Waals surface area contributed by atoms with Gasteiger partial charge in [-0.2, -0.15) is 0 Å². The monoisotopic (exact) mass is 366 g/mol. The van der Waals surface area contributed by atoms with E-state index in [1.165, 1.54) is 6.92 Å². The summed E-state index contributed by atoms with van der Waals surface area (Å²) in [6.45, 7) is 4.22. The average Bonchev–Trinajstić information content (AvgIpc) is 2.63. The Bertz CT molecular complexity index is 619. The number of carbonyl (C=O) groups excluding carboxylic acids is 3. The van der Waals surface area contributed by atoms with Crippen LogP contribution in [0.15, 0.2) is 30.3 Å². The molecule has 0 aromatic heterocycles. The highest BCUT2D eigenvalue weighted by molar-refractivity contribution is 5.91. The Hall–Kier alpha value is -2.61. The van der Waals surface area contributed by atoms with Crippen LogP contribution in [0.25, 0.3) is 0 Å². The first-order chi connectivity index (χ1) is 12.2. The van der Waals surface area contributed by atoms with Gasteiger partial charge in [-0.1, -0.05) is 44.2 Å². The van der Waals surface area contributed by atoms with E-state index >= 15 is 0 Å². The smallest absolute Gasteiger partial charge is 0.408 e. The van der Waals surface area contributed by atoms with Crippen LogP contribution in [0, 0.1) is 5.92 Å². The summed E-state index contributed by atoms with van der Waals surface area (Å²) in [5.74, 6) is -1.69. The Labute approximate surface area is 152 Å². The number of benzene rings is 1. The first-order valence-corrected chi connectivity index (χ1v) is 8.22. The topological polar surface area (TPSA) is 114 Å². The number of carbonyl (C=O) groups is 3. The maximum Gasteiger partial charge on any atom is 0.408 e. The third-order valence-corrected chi connectivity index (χ3v) is 3.79. The van der Waals surface area contributed by atoms with Crippen molar-refractivity contribution < 1.29 is 29.0 Å². The zero-order valence-corrected chi connectivity index (χ0v) is 15.4. The Morgan fingerprint density at radius 1 is 1.19 bits per heavy atom. The van der Waals surface area contributed by atoms with Crippen LogP contribution in [0.4, 0.5) is 4.79 Å². The number of nitrogens with one attached hydrogen (secondary N) is 2. The van der Waals surface area contributed by atoms with Crippen LogP contribution < -0.4 is 10.6 Å². The van der Waals surface area contributed by atoms with Gasteiger partial charge in [-0.25, -0.2) is 9.59 Å². The third-order valence-electron chi connectivity index (χ3n) is 3.79. The second-order valence-electron chi connectivity index (χ2n) is 6.40. The van der Waals surface area contributed by atoms with Crippen molar-refractivity contribution in [2.24, 2.45) is 5.92 Å². The summed E-state index contributed by atoms with van der Waals surface area (Å²) in [5.41, 5.74) is -0.791. The Morgan fingerprint density at radius 3 is 2.31 bits per heavy atom. The fourth-order valence-electron chi connectivity index (χ4n) is 2.16. The van der Waals surface area contributed by atoms with Gasteiger partial charge >= 0.3 is 12.1 Å². The van der Waals surface area contributed by atoms with Gasteiger partial charge in [0.2, 0.25) is 5.91 Å². The summed E-state index contributed by atoms with van der Waals surface area (Å²) in [6.07, 6.45) is -0.758. The maximum atomic E-state index is 12.5. The molecule has 0 saturated heterocycles. The van der Waals surface area contributed by atoms with Gasteiger partial charge < -0.3 is 25.2 Å². The van der Waals surface area contributed by atoms with E-state index in [-0.39, 0.29) is 12.5 Å². The molecule has 0 fully saturated rings. The molecule has 0 aliphatic rings. The van der Waals surface area contributed by atoms with E-state index in [1.807, 2.05) is 30.3 Å². The van der Waals surface area contributed by atoms with Gasteiger partial charge in [0.05, 0.1) is 13.7 Å². The molecule has 144 valence electrons. The summed E-state index contributed by atoms with van der Waals surface area (Å²) >= 11 is 0. The van der Waals surface area contributed by atoms with Crippen LogP contribution in [0.1, 0.15) is 26.3 Å². The fourth-order valence-corrected chi connectivity index (χ4v) is 2.16. The Balaban J connectivity index is 2.70. The number of esters is 1. The van der Waals surface area contributed by atoms with E-state index in [0.717, 1.165) is 12.7 Å². The molecule has 1 aromatic rings. The second kappa shape index (κ2) is 9.76. The summed E-state index contributed by atoms with van der Waals surface area (Å²) < 4.78 is 9.70.